The maximum atomic E-state index is 14.2. The van der Waals surface area contributed by atoms with E-state index in [-0.39, 0.29) is 18.9 Å². The number of rotatable bonds is 14. The summed E-state index contributed by atoms with van der Waals surface area (Å²) in [6, 6.07) is 21.8. The lowest BCUT2D eigenvalue weighted by Crippen LogP contribution is -2.54. The number of halogens is 2. The summed E-state index contributed by atoms with van der Waals surface area (Å²) in [5.41, 5.74) is 1.75. The fourth-order valence-corrected chi connectivity index (χ4v) is 5.73. The van der Waals surface area contributed by atoms with E-state index in [4.69, 9.17) is 23.2 Å². The smallest absolute Gasteiger partial charge is 0.304 e. The summed E-state index contributed by atoms with van der Waals surface area (Å²) in [5.74, 6) is -0.890. The van der Waals surface area contributed by atoms with Gasteiger partial charge in [0.25, 0.3) is 0 Å². The Hall–Kier alpha value is -3.11. The number of carbonyl (C=O) groups excluding carboxylic acids is 2. The predicted octanol–water partition coefficient (Wildman–Crippen LogP) is 5.16. The van der Waals surface area contributed by atoms with Crippen LogP contribution in [-0.2, 0) is 32.8 Å². The number of amides is 2. The van der Waals surface area contributed by atoms with E-state index in [1.807, 2.05) is 37.3 Å². The van der Waals surface area contributed by atoms with Crippen molar-refractivity contribution in [2.75, 3.05) is 31.5 Å². The van der Waals surface area contributed by atoms with Gasteiger partial charge in [-0.2, -0.15) is 12.7 Å². The van der Waals surface area contributed by atoms with Gasteiger partial charge in [-0.3, -0.25) is 9.59 Å². The third kappa shape index (κ3) is 8.94. The minimum absolute atomic E-state index is 0.0296. The molecular weight excluding hydrogens is 583 g/mol. The fourth-order valence-electron chi connectivity index (χ4n) is 4.20. The molecule has 8 nitrogen and oxygen atoms in total. The number of nitrogens with one attached hydrogen (secondary N) is 1. The molecule has 3 aromatic rings. The maximum Gasteiger partial charge on any atom is 0.304 e. The average Bonchev–Trinajstić information content (AvgIpc) is 2.95. The van der Waals surface area contributed by atoms with Gasteiger partial charge in [-0.05, 0) is 41.8 Å². The van der Waals surface area contributed by atoms with Crippen LogP contribution in [0.15, 0.2) is 78.9 Å². The number of nitrogens with zero attached hydrogens (tertiary/aromatic N) is 3. The molecule has 0 fully saturated rings. The highest BCUT2D eigenvalue weighted by molar-refractivity contribution is 7.90. The van der Waals surface area contributed by atoms with Crippen molar-refractivity contribution in [1.29, 1.82) is 0 Å². The average molecular weight is 620 g/mol. The van der Waals surface area contributed by atoms with E-state index < -0.39 is 28.7 Å². The Morgan fingerprint density at radius 3 is 2.15 bits per heavy atom. The first-order valence-corrected chi connectivity index (χ1v) is 15.5. The molecule has 0 unspecified atom stereocenters. The van der Waals surface area contributed by atoms with Crippen molar-refractivity contribution in [3.8, 4) is 0 Å². The molecule has 1 N–H and O–H groups in total. The van der Waals surface area contributed by atoms with E-state index in [9.17, 15) is 18.0 Å². The van der Waals surface area contributed by atoms with Crippen molar-refractivity contribution in [3.05, 3.63) is 100 Å². The maximum absolute atomic E-state index is 14.2. The van der Waals surface area contributed by atoms with E-state index in [0.29, 0.717) is 27.8 Å². The molecule has 0 spiro atoms. The van der Waals surface area contributed by atoms with Crippen molar-refractivity contribution < 1.29 is 18.0 Å². The van der Waals surface area contributed by atoms with E-state index >= 15 is 0 Å². The highest BCUT2D eigenvalue weighted by Gasteiger charge is 2.34. The predicted molar refractivity (Wildman–Crippen MR) is 165 cm³/mol. The number of hydrogen-bond acceptors (Lipinski definition) is 4. The first-order valence-electron chi connectivity index (χ1n) is 13.3. The van der Waals surface area contributed by atoms with Gasteiger partial charge in [0.15, 0.2) is 0 Å². The van der Waals surface area contributed by atoms with Gasteiger partial charge in [-0.25, -0.2) is 4.31 Å². The second kappa shape index (κ2) is 15.2. The summed E-state index contributed by atoms with van der Waals surface area (Å²) in [6.07, 6.45) is 1.90. The molecule has 0 saturated carbocycles. The van der Waals surface area contributed by atoms with Crippen molar-refractivity contribution in [2.45, 2.75) is 38.8 Å². The first kappa shape index (κ1) is 32.4. The van der Waals surface area contributed by atoms with Crippen LogP contribution in [0.2, 0.25) is 10.0 Å². The van der Waals surface area contributed by atoms with Gasteiger partial charge in [0.2, 0.25) is 11.8 Å². The molecule has 3 aromatic carbocycles. The Morgan fingerprint density at radius 1 is 0.927 bits per heavy atom. The van der Waals surface area contributed by atoms with E-state index in [2.05, 4.69) is 5.32 Å². The van der Waals surface area contributed by atoms with Gasteiger partial charge < -0.3 is 10.2 Å². The lowest BCUT2D eigenvalue weighted by Gasteiger charge is -2.34. The number of para-hydroxylation sites is 1. The highest BCUT2D eigenvalue weighted by atomic mass is 35.5. The zero-order valence-corrected chi connectivity index (χ0v) is 25.8. The van der Waals surface area contributed by atoms with Crippen molar-refractivity contribution >= 4 is 50.9 Å². The quantitative estimate of drug-likeness (QED) is 0.253. The Bertz CT molecular complexity index is 1410. The molecule has 0 saturated heterocycles. The van der Waals surface area contributed by atoms with Gasteiger partial charge in [0.05, 0.1) is 5.69 Å². The SMILES string of the molecule is CCCCNC(=O)[C@H](Cc1ccccc1)N(Cc1ccc(Cl)cc1Cl)C(=O)CN(c1ccccc1)S(=O)(=O)N(C)C. The molecule has 3 rings (SSSR count). The van der Waals surface area contributed by atoms with Crippen molar-refractivity contribution in [1.82, 2.24) is 14.5 Å². The van der Waals surface area contributed by atoms with Gasteiger partial charge >= 0.3 is 10.2 Å². The molecule has 0 aliphatic carbocycles. The third-order valence-corrected chi connectivity index (χ3v) is 8.93. The Labute approximate surface area is 253 Å². The Balaban J connectivity index is 2.08. The zero-order chi connectivity index (χ0) is 30.0. The summed E-state index contributed by atoms with van der Waals surface area (Å²) in [4.78, 5) is 29.3. The molecule has 0 aliphatic heterocycles. The van der Waals surface area contributed by atoms with Crippen LogP contribution >= 0.6 is 23.2 Å². The standard InChI is InChI=1S/C30H36Cl2N4O4S/c1-4-5-18-33-30(38)28(19-23-12-8-6-9-13-23)35(21-24-16-17-25(31)20-27(24)32)29(37)22-36(41(39,40)34(2)3)26-14-10-7-11-15-26/h6-17,20,28H,4-5,18-19,21-22H2,1-3H3,(H,33,38)/t28-/m0/s1. The van der Waals surface area contributed by atoms with Crippen LogP contribution in [0, 0.1) is 0 Å². The second-order valence-electron chi connectivity index (χ2n) is 9.74. The summed E-state index contributed by atoms with van der Waals surface area (Å²) < 4.78 is 28.8. The fraction of sp³-hybridized carbons (Fsp3) is 0.333. The summed E-state index contributed by atoms with van der Waals surface area (Å²) in [5, 5.41) is 3.72. The minimum atomic E-state index is -4.05. The monoisotopic (exact) mass is 618 g/mol. The van der Waals surface area contributed by atoms with Crippen molar-refractivity contribution in [2.24, 2.45) is 0 Å². The normalized spacial score (nSPS) is 12.1. The zero-order valence-electron chi connectivity index (χ0n) is 23.5. The van der Waals surface area contributed by atoms with E-state index in [1.165, 1.54) is 19.0 Å². The number of unbranched alkanes of at least 4 members (excludes halogenated alkanes) is 1. The van der Waals surface area contributed by atoms with Crippen LogP contribution in [-0.4, -0.2) is 62.7 Å². The first-order chi connectivity index (χ1) is 19.5. The lowest BCUT2D eigenvalue weighted by molar-refractivity contribution is -0.140. The third-order valence-electron chi connectivity index (χ3n) is 6.52. The molecule has 0 aromatic heterocycles. The molecule has 2 amide bonds. The summed E-state index contributed by atoms with van der Waals surface area (Å²) in [6.45, 7) is 1.92. The van der Waals surface area contributed by atoms with Crippen LogP contribution in [0.3, 0.4) is 0 Å². The van der Waals surface area contributed by atoms with Crippen LogP contribution in [0.25, 0.3) is 0 Å². The molecule has 1 atom stereocenters. The molecule has 11 heteroatoms. The van der Waals surface area contributed by atoms with Gasteiger partial charge in [0, 0.05) is 43.7 Å². The molecule has 0 aliphatic rings. The molecule has 0 heterocycles. The summed E-state index contributed by atoms with van der Waals surface area (Å²) >= 11 is 12.6. The topological polar surface area (TPSA) is 90.0 Å². The summed E-state index contributed by atoms with van der Waals surface area (Å²) in [7, 11) is -1.25. The van der Waals surface area contributed by atoms with E-state index in [0.717, 1.165) is 27.0 Å². The Morgan fingerprint density at radius 2 is 1.56 bits per heavy atom. The van der Waals surface area contributed by atoms with Crippen LogP contribution in [0.1, 0.15) is 30.9 Å². The second-order valence-corrected chi connectivity index (χ2v) is 12.7. The van der Waals surface area contributed by atoms with Crippen molar-refractivity contribution in [3.63, 3.8) is 0 Å². The number of hydrogen-bond donors (Lipinski definition) is 1. The molecular formula is C30H36Cl2N4O4S. The Kier molecular flexibility index (Phi) is 12.0. The molecule has 0 bridgehead atoms. The molecule has 41 heavy (non-hydrogen) atoms. The minimum Gasteiger partial charge on any atom is -0.354 e. The molecule has 0 radical (unpaired) electrons. The largest absolute Gasteiger partial charge is 0.354 e. The molecule has 220 valence electrons. The number of carbonyl (C=O) groups is 2. The lowest BCUT2D eigenvalue weighted by atomic mass is 10.0. The number of benzene rings is 3. The van der Waals surface area contributed by atoms with Crippen LogP contribution in [0.5, 0.6) is 0 Å². The highest BCUT2D eigenvalue weighted by Crippen LogP contribution is 2.25. The van der Waals surface area contributed by atoms with Gasteiger partial charge in [0.1, 0.15) is 12.6 Å². The van der Waals surface area contributed by atoms with E-state index in [1.54, 1.807) is 48.5 Å². The van der Waals surface area contributed by atoms with Gasteiger partial charge in [-0.1, -0.05) is 91.1 Å². The van der Waals surface area contributed by atoms with Gasteiger partial charge in [-0.15, -0.1) is 0 Å². The van der Waals surface area contributed by atoms with Crippen LogP contribution < -0.4 is 9.62 Å². The number of anilines is 1. The van der Waals surface area contributed by atoms with Crippen LogP contribution in [0.4, 0.5) is 5.69 Å².